The van der Waals surface area contributed by atoms with Gasteiger partial charge in [-0.2, -0.15) is 5.26 Å². The summed E-state index contributed by atoms with van der Waals surface area (Å²) in [4.78, 5) is 22.9. The smallest absolute Gasteiger partial charge is 0.335 e. The first kappa shape index (κ1) is 17.7. The summed E-state index contributed by atoms with van der Waals surface area (Å²) in [5, 5.41) is 20.5. The molecular formula is C18H13FN2O4. The van der Waals surface area contributed by atoms with E-state index in [1.54, 1.807) is 6.07 Å². The molecule has 0 atom stereocenters. The number of nitriles is 1. The SMILES string of the molecule is COc1ccc(C=C(C#N)C(=O)Nc2ccc(C(=O)O)cc2)cc1F. The van der Waals surface area contributed by atoms with Crippen molar-refractivity contribution >= 4 is 23.6 Å². The zero-order valence-corrected chi connectivity index (χ0v) is 13.1. The molecule has 0 unspecified atom stereocenters. The minimum Gasteiger partial charge on any atom is -0.494 e. The van der Waals surface area contributed by atoms with Crippen LogP contribution in [0.15, 0.2) is 48.0 Å². The van der Waals surface area contributed by atoms with Gasteiger partial charge in [-0.3, -0.25) is 4.79 Å². The molecule has 6 nitrogen and oxygen atoms in total. The Morgan fingerprint density at radius 1 is 1.24 bits per heavy atom. The molecule has 0 aliphatic carbocycles. The fourth-order valence-electron chi connectivity index (χ4n) is 1.98. The molecule has 25 heavy (non-hydrogen) atoms. The molecule has 1 amide bonds. The Morgan fingerprint density at radius 3 is 2.44 bits per heavy atom. The first-order valence-corrected chi connectivity index (χ1v) is 7.04. The largest absolute Gasteiger partial charge is 0.494 e. The van der Waals surface area contributed by atoms with Crippen LogP contribution in [0.25, 0.3) is 6.08 Å². The molecule has 0 aromatic heterocycles. The number of ether oxygens (including phenoxy) is 1. The summed E-state index contributed by atoms with van der Waals surface area (Å²) in [6, 6.07) is 11.3. The molecule has 2 rings (SSSR count). The predicted octanol–water partition coefficient (Wildman–Crippen LogP) is 3.08. The van der Waals surface area contributed by atoms with Gasteiger partial charge in [0, 0.05) is 5.69 Å². The maximum atomic E-state index is 13.7. The van der Waals surface area contributed by atoms with Gasteiger partial charge in [0.15, 0.2) is 11.6 Å². The molecule has 0 aliphatic heterocycles. The Bertz CT molecular complexity index is 883. The number of carbonyl (C=O) groups is 2. The first-order chi connectivity index (χ1) is 11.9. The van der Waals surface area contributed by atoms with E-state index >= 15 is 0 Å². The summed E-state index contributed by atoms with van der Waals surface area (Å²) in [6.07, 6.45) is 1.24. The Hall–Kier alpha value is -3.66. The number of carbonyl (C=O) groups excluding carboxylic acids is 1. The minimum absolute atomic E-state index is 0.0543. The number of anilines is 1. The fraction of sp³-hybridized carbons (Fsp3) is 0.0556. The van der Waals surface area contributed by atoms with Crippen molar-refractivity contribution in [3.63, 3.8) is 0 Å². The molecule has 2 aromatic carbocycles. The summed E-state index contributed by atoms with van der Waals surface area (Å²) in [6.45, 7) is 0. The second kappa shape index (κ2) is 7.75. The van der Waals surface area contributed by atoms with E-state index < -0.39 is 17.7 Å². The average Bonchev–Trinajstić information content (AvgIpc) is 2.60. The minimum atomic E-state index is -1.09. The lowest BCUT2D eigenvalue weighted by Gasteiger charge is -2.05. The molecule has 0 saturated heterocycles. The number of nitrogens with zero attached hydrogens (tertiary/aromatic N) is 1. The highest BCUT2D eigenvalue weighted by atomic mass is 19.1. The Labute approximate surface area is 142 Å². The van der Waals surface area contributed by atoms with Crippen LogP contribution in [-0.2, 0) is 4.79 Å². The monoisotopic (exact) mass is 340 g/mol. The lowest BCUT2D eigenvalue weighted by molar-refractivity contribution is -0.112. The van der Waals surface area contributed by atoms with Crippen molar-refractivity contribution in [3.8, 4) is 11.8 Å². The van der Waals surface area contributed by atoms with Gasteiger partial charge in [0.1, 0.15) is 11.6 Å². The van der Waals surface area contributed by atoms with E-state index in [0.717, 1.165) is 6.07 Å². The summed E-state index contributed by atoms with van der Waals surface area (Å²) < 4.78 is 18.5. The second-order valence-electron chi connectivity index (χ2n) is 4.90. The van der Waals surface area contributed by atoms with Crippen molar-refractivity contribution < 1.29 is 23.8 Å². The zero-order chi connectivity index (χ0) is 18.4. The van der Waals surface area contributed by atoms with Crippen molar-refractivity contribution in [2.75, 3.05) is 12.4 Å². The van der Waals surface area contributed by atoms with Gasteiger partial charge in [0.05, 0.1) is 12.7 Å². The molecule has 0 heterocycles. The Kier molecular flexibility index (Phi) is 5.48. The van der Waals surface area contributed by atoms with Gasteiger partial charge in [-0.05, 0) is 48.0 Å². The van der Waals surface area contributed by atoms with Crippen LogP contribution in [0.5, 0.6) is 5.75 Å². The van der Waals surface area contributed by atoms with Crippen molar-refractivity contribution in [1.29, 1.82) is 5.26 Å². The maximum absolute atomic E-state index is 13.7. The molecule has 126 valence electrons. The predicted molar refractivity (Wildman–Crippen MR) is 88.6 cm³/mol. The standard InChI is InChI=1S/C18H13FN2O4/c1-25-16-7-2-11(9-15(16)19)8-13(10-20)17(22)21-14-5-3-12(4-6-14)18(23)24/h2-9H,1H3,(H,21,22)(H,23,24). The number of benzene rings is 2. The van der Waals surface area contributed by atoms with Crippen molar-refractivity contribution in [2.45, 2.75) is 0 Å². The van der Waals surface area contributed by atoms with Crippen molar-refractivity contribution in [3.05, 3.63) is 65.0 Å². The topological polar surface area (TPSA) is 99.4 Å². The van der Waals surface area contributed by atoms with E-state index in [0.29, 0.717) is 11.3 Å². The van der Waals surface area contributed by atoms with Crippen LogP contribution in [0.2, 0.25) is 0 Å². The van der Waals surface area contributed by atoms with Gasteiger partial charge in [0.25, 0.3) is 5.91 Å². The number of aromatic carboxylic acids is 1. The Morgan fingerprint density at radius 2 is 1.92 bits per heavy atom. The number of carboxylic acid groups (broad SMARTS) is 1. The second-order valence-corrected chi connectivity index (χ2v) is 4.90. The van der Waals surface area contributed by atoms with Crippen LogP contribution >= 0.6 is 0 Å². The van der Waals surface area contributed by atoms with Crippen LogP contribution in [0, 0.1) is 17.1 Å². The molecule has 0 bridgehead atoms. The van der Waals surface area contributed by atoms with Crippen LogP contribution in [0.1, 0.15) is 15.9 Å². The molecule has 7 heteroatoms. The molecule has 2 aromatic rings. The van der Waals surface area contributed by atoms with Crippen LogP contribution in [-0.4, -0.2) is 24.1 Å². The van der Waals surface area contributed by atoms with Gasteiger partial charge < -0.3 is 15.2 Å². The number of amides is 1. The molecular weight excluding hydrogens is 327 g/mol. The summed E-state index contributed by atoms with van der Waals surface area (Å²) >= 11 is 0. The lowest BCUT2D eigenvalue weighted by Crippen LogP contribution is -2.13. The highest BCUT2D eigenvalue weighted by Gasteiger charge is 2.11. The van der Waals surface area contributed by atoms with E-state index in [9.17, 15) is 14.0 Å². The highest BCUT2D eigenvalue weighted by Crippen LogP contribution is 2.19. The van der Waals surface area contributed by atoms with Gasteiger partial charge >= 0.3 is 5.97 Å². The van der Waals surface area contributed by atoms with Crippen molar-refractivity contribution in [1.82, 2.24) is 0 Å². The van der Waals surface area contributed by atoms with E-state index in [1.165, 1.54) is 49.6 Å². The van der Waals surface area contributed by atoms with Crippen LogP contribution in [0.4, 0.5) is 10.1 Å². The third kappa shape index (κ3) is 4.42. The van der Waals surface area contributed by atoms with Gasteiger partial charge in [0.2, 0.25) is 0 Å². The number of carboxylic acids is 1. The number of halogens is 1. The molecule has 0 aliphatic rings. The third-order valence-corrected chi connectivity index (χ3v) is 3.24. The van der Waals surface area contributed by atoms with Gasteiger partial charge in [-0.15, -0.1) is 0 Å². The van der Waals surface area contributed by atoms with Gasteiger partial charge in [-0.1, -0.05) is 6.07 Å². The van der Waals surface area contributed by atoms with E-state index in [2.05, 4.69) is 5.32 Å². The molecule has 0 spiro atoms. The molecule has 0 fully saturated rings. The number of rotatable bonds is 5. The normalized spacial score (nSPS) is 10.7. The lowest BCUT2D eigenvalue weighted by atomic mass is 10.1. The maximum Gasteiger partial charge on any atom is 0.335 e. The number of methoxy groups -OCH3 is 1. The van der Waals surface area contributed by atoms with E-state index in [4.69, 9.17) is 15.1 Å². The van der Waals surface area contributed by atoms with Crippen molar-refractivity contribution in [2.24, 2.45) is 0 Å². The zero-order valence-electron chi connectivity index (χ0n) is 13.1. The van der Waals surface area contributed by atoms with Crippen LogP contribution in [0.3, 0.4) is 0 Å². The third-order valence-electron chi connectivity index (χ3n) is 3.24. The summed E-state index contributed by atoms with van der Waals surface area (Å²) in [5.41, 5.74) is 0.498. The molecule has 0 radical (unpaired) electrons. The quantitative estimate of drug-likeness (QED) is 0.644. The molecule has 2 N–H and O–H groups in total. The first-order valence-electron chi connectivity index (χ1n) is 7.04. The van der Waals surface area contributed by atoms with Gasteiger partial charge in [-0.25, -0.2) is 9.18 Å². The summed E-state index contributed by atoms with van der Waals surface area (Å²) in [5.74, 6) is -2.34. The van der Waals surface area contributed by atoms with E-state index in [-0.39, 0.29) is 16.9 Å². The Balaban J connectivity index is 2.19. The summed E-state index contributed by atoms with van der Waals surface area (Å²) in [7, 11) is 1.33. The molecule has 0 saturated carbocycles. The van der Waals surface area contributed by atoms with E-state index in [1.807, 2.05) is 0 Å². The van der Waals surface area contributed by atoms with Crippen LogP contribution < -0.4 is 10.1 Å². The number of nitrogens with one attached hydrogen (secondary N) is 1. The number of hydrogen-bond acceptors (Lipinski definition) is 4. The highest BCUT2D eigenvalue weighted by molar-refractivity contribution is 6.09. The fourth-order valence-corrected chi connectivity index (χ4v) is 1.98. The number of hydrogen-bond donors (Lipinski definition) is 2. The average molecular weight is 340 g/mol.